The molecule has 0 heterocycles. The summed E-state index contributed by atoms with van der Waals surface area (Å²) in [7, 11) is 0. The van der Waals surface area contributed by atoms with E-state index in [1.54, 1.807) is 0 Å². The Morgan fingerprint density at radius 1 is 1.53 bits per heavy atom. The molecule has 1 aromatic rings. The molecule has 1 aliphatic carbocycles. The second-order valence-electron chi connectivity index (χ2n) is 5.02. The van der Waals surface area contributed by atoms with E-state index in [1.165, 1.54) is 0 Å². The highest BCUT2D eigenvalue weighted by Crippen LogP contribution is 2.33. The fraction of sp³-hybridized carbons (Fsp3) is 0.438. The lowest BCUT2D eigenvalue weighted by Crippen LogP contribution is -2.26. The summed E-state index contributed by atoms with van der Waals surface area (Å²) in [5, 5.41) is 3.07. The van der Waals surface area contributed by atoms with E-state index in [0.717, 1.165) is 24.0 Å². The number of amides is 1. The van der Waals surface area contributed by atoms with E-state index in [0.29, 0.717) is 24.1 Å². The van der Waals surface area contributed by atoms with Crippen molar-refractivity contribution in [1.82, 2.24) is 5.32 Å². The van der Waals surface area contributed by atoms with E-state index in [-0.39, 0.29) is 5.91 Å². The Hall–Kier alpha value is -1.79. The van der Waals surface area contributed by atoms with E-state index < -0.39 is 0 Å². The summed E-state index contributed by atoms with van der Waals surface area (Å²) in [5.41, 5.74) is 8.00. The summed E-state index contributed by atoms with van der Waals surface area (Å²) in [6.45, 7) is 4.47. The lowest BCUT2D eigenvalue weighted by Gasteiger charge is -2.06. The van der Waals surface area contributed by atoms with Crippen molar-refractivity contribution in [2.24, 2.45) is 11.7 Å². The molecule has 3 heteroatoms. The molecule has 3 N–H and O–H groups in total. The molecule has 3 nitrogen and oxygen atoms in total. The predicted molar refractivity (Wildman–Crippen MR) is 76.8 cm³/mol. The highest BCUT2D eigenvalue weighted by atomic mass is 16.1. The third-order valence-electron chi connectivity index (χ3n) is 3.58. The zero-order chi connectivity index (χ0) is 13.8. The van der Waals surface area contributed by atoms with E-state index in [1.807, 2.05) is 25.1 Å². The van der Waals surface area contributed by atoms with Crippen LogP contribution >= 0.6 is 0 Å². The quantitative estimate of drug-likeness (QED) is 0.811. The maximum atomic E-state index is 12.1. The SMILES string of the molecule is CCC1CC1NC(=O)c1ccc(C#CCN)c(C)c1. The number of rotatable bonds is 3. The molecular formula is C16H20N2O. The molecule has 0 saturated heterocycles. The first kappa shape index (κ1) is 13.6. The average molecular weight is 256 g/mol. The van der Waals surface area contributed by atoms with Crippen LogP contribution in [0.4, 0.5) is 0 Å². The molecule has 1 amide bonds. The molecule has 0 aromatic heterocycles. The van der Waals surface area contributed by atoms with Gasteiger partial charge in [0.1, 0.15) is 0 Å². The van der Waals surface area contributed by atoms with Gasteiger partial charge in [0.2, 0.25) is 0 Å². The highest BCUT2D eigenvalue weighted by molar-refractivity contribution is 5.95. The van der Waals surface area contributed by atoms with Gasteiger partial charge in [-0.05, 0) is 43.0 Å². The molecule has 2 unspecified atom stereocenters. The molecule has 0 bridgehead atoms. The first-order valence-electron chi connectivity index (χ1n) is 6.76. The van der Waals surface area contributed by atoms with Gasteiger partial charge < -0.3 is 11.1 Å². The summed E-state index contributed by atoms with van der Waals surface area (Å²) in [6, 6.07) is 5.97. The fourth-order valence-electron chi connectivity index (χ4n) is 2.22. The molecule has 1 aliphatic rings. The van der Waals surface area contributed by atoms with Gasteiger partial charge in [0.25, 0.3) is 5.91 Å². The summed E-state index contributed by atoms with van der Waals surface area (Å²) in [5.74, 6) is 6.51. The van der Waals surface area contributed by atoms with Crippen LogP contribution in [-0.4, -0.2) is 18.5 Å². The molecular weight excluding hydrogens is 236 g/mol. The van der Waals surface area contributed by atoms with Crippen molar-refractivity contribution in [3.05, 3.63) is 34.9 Å². The molecule has 19 heavy (non-hydrogen) atoms. The third kappa shape index (κ3) is 3.36. The minimum absolute atomic E-state index is 0.0161. The molecule has 2 atom stereocenters. The second-order valence-corrected chi connectivity index (χ2v) is 5.02. The van der Waals surface area contributed by atoms with Gasteiger partial charge in [0.05, 0.1) is 6.54 Å². The summed E-state index contributed by atoms with van der Waals surface area (Å²) >= 11 is 0. The van der Waals surface area contributed by atoms with Crippen LogP contribution in [0.1, 0.15) is 41.3 Å². The van der Waals surface area contributed by atoms with E-state index in [2.05, 4.69) is 24.1 Å². The zero-order valence-electron chi connectivity index (χ0n) is 11.5. The van der Waals surface area contributed by atoms with Crippen molar-refractivity contribution in [3.63, 3.8) is 0 Å². The van der Waals surface area contributed by atoms with Gasteiger partial charge in [0.15, 0.2) is 0 Å². The van der Waals surface area contributed by atoms with Crippen molar-refractivity contribution in [3.8, 4) is 11.8 Å². The molecule has 1 fully saturated rings. The van der Waals surface area contributed by atoms with Crippen LogP contribution in [0.15, 0.2) is 18.2 Å². The molecule has 0 spiro atoms. The van der Waals surface area contributed by atoms with Gasteiger partial charge in [-0.15, -0.1) is 0 Å². The molecule has 0 radical (unpaired) electrons. The maximum absolute atomic E-state index is 12.1. The van der Waals surface area contributed by atoms with Crippen LogP contribution in [-0.2, 0) is 0 Å². The Bertz CT molecular complexity index is 539. The van der Waals surface area contributed by atoms with Crippen LogP contribution in [0.5, 0.6) is 0 Å². The third-order valence-corrected chi connectivity index (χ3v) is 3.58. The Kier molecular flexibility index (Phi) is 4.24. The van der Waals surface area contributed by atoms with Crippen LogP contribution in [0.25, 0.3) is 0 Å². The fourth-order valence-corrected chi connectivity index (χ4v) is 2.22. The Morgan fingerprint density at radius 3 is 2.89 bits per heavy atom. The first-order chi connectivity index (χ1) is 9.15. The number of nitrogens with one attached hydrogen (secondary N) is 1. The molecule has 1 saturated carbocycles. The van der Waals surface area contributed by atoms with Crippen LogP contribution in [0.2, 0.25) is 0 Å². The number of hydrogen-bond donors (Lipinski definition) is 2. The lowest BCUT2D eigenvalue weighted by atomic mass is 10.0. The number of benzene rings is 1. The Labute approximate surface area is 114 Å². The Morgan fingerprint density at radius 2 is 2.32 bits per heavy atom. The topological polar surface area (TPSA) is 55.1 Å². The molecule has 100 valence electrons. The standard InChI is InChI=1S/C16H20N2O/c1-3-12-10-15(12)18-16(19)14-7-6-13(5-4-8-17)11(2)9-14/h6-7,9,12,15H,3,8,10,17H2,1-2H3,(H,18,19). The van der Waals surface area contributed by atoms with Crippen molar-refractivity contribution in [2.45, 2.75) is 32.7 Å². The zero-order valence-corrected chi connectivity index (χ0v) is 11.5. The van der Waals surface area contributed by atoms with Gasteiger partial charge in [-0.3, -0.25) is 4.79 Å². The average Bonchev–Trinajstić information content (AvgIpc) is 3.15. The maximum Gasteiger partial charge on any atom is 0.251 e. The largest absolute Gasteiger partial charge is 0.349 e. The smallest absolute Gasteiger partial charge is 0.251 e. The van der Waals surface area contributed by atoms with E-state index >= 15 is 0 Å². The summed E-state index contributed by atoms with van der Waals surface area (Å²) in [6.07, 6.45) is 2.25. The summed E-state index contributed by atoms with van der Waals surface area (Å²) < 4.78 is 0. The highest BCUT2D eigenvalue weighted by Gasteiger charge is 2.36. The van der Waals surface area contributed by atoms with Gasteiger partial charge in [0, 0.05) is 17.2 Å². The lowest BCUT2D eigenvalue weighted by molar-refractivity contribution is 0.0949. The second kappa shape index (κ2) is 5.90. The van der Waals surface area contributed by atoms with Gasteiger partial charge in [-0.2, -0.15) is 0 Å². The normalized spacial score (nSPS) is 20.4. The predicted octanol–water partition coefficient (Wildman–Crippen LogP) is 1.83. The van der Waals surface area contributed by atoms with E-state index in [4.69, 9.17) is 5.73 Å². The van der Waals surface area contributed by atoms with Gasteiger partial charge in [-0.1, -0.05) is 25.2 Å². The van der Waals surface area contributed by atoms with Gasteiger partial charge >= 0.3 is 0 Å². The number of nitrogens with two attached hydrogens (primary N) is 1. The molecule has 1 aromatic carbocycles. The number of carbonyl (C=O) groups is 1. The molecule has 0 aliphatic heterocycles. The van der Waals surface area contributed by atoms with Crippen LogP contribution in [0, 0.1) is 24.7 Å². The van der Waals surface area contributed by atoms with Crippen molar-refractivity contribution in [2.75, 3.05) is 6.54 Å². The minimum Gasteiger partial charge on any atom is -0.349 e. The number of carbonyl (C=O) groups excluding carboxylic acids is 1. The van der Waals surface area contributed by atoms with E-state index in [9.17, 15) is 4.79 Å². The number of hydrogen-bond acceptors (Lipinski definition) is 2. The monoisotopic (exact) mass is 256 g/mol. The molecule has 2 rings (SSSR count). The van der Waals surface area contributed by atoms with Crippen molar-refractivity contribution < 1.29 is 4.79 Å². The Balaban J connectivity index is 2.05. The summed E-state index contributed by atoms with van der Waals surface area (Å²) in [4.78, 5) is 12.1. The van der Waals surface area contributed by atoms with Crippen LogP contribution < -0.4 is 11.1 Å². The first-order valence-corrected chi connectivity index (χ1v) is 6.76. The van der Waals surface area contributed by atoms with Crippen molar-refractivity contribution >= 4 is 5.91 Å². The number of aryl methyl sites for hydroxylation is 1. The minimum atomic E-state index is 0.0161. The van der Waals surface area contributed by atoms with Crippen LogP contribution in [0.3, 0.4) is 0 Å². The van der Waals surface area contributed by atoms with Crippen molar-refractivity contribution in [1.29, 1.82) is 0 Å². The van der Waals surface area contributed by atoms with Gasteiger partial charge in [-0.25, -0.2) is 0 Å².